The number of rotatable bonds is 7. The van der Waals surface area contributed by atoms with Gasteiger partial charge in [0.15, 0.2) is 12.4 Å². The van der Waals surface area contributed by atoms with Crippen LogP contribution in [-0.4, -0.2) is 35.2 Å². The second kappa shape index (κ2) is 9.53. The first-order valence-electron chi connectivity index (χ1n) is 10.5. The van der Waals surface area contributed by atoms with Crippen molar-refractivity contribution in [3.05, 3.63) is 101 Å². The molecule has 0 aliphatic heterocycles. The van der Waals surface area contributed by atoms with Crippen molar-refractivity contribution in [3.63, 3.8) is 0 Å². The average molecular weight is 440 g/mol. The minimum absolute atomic E-state index is 0.257. The molecular formula is C27H24N2O4. The molecule has 0 spiro atoms. The number of benzene rings is 3. The van der Waals surface area contributed by atoms with E-state index < -0.39 is 5.97 Å². The van der Waals surface area contributed by atoms with Crippen LogP contribution in [0, 0.1) is 13.8 Å². The van der Waals surface area contributed by atoms with Crippen LogP contribution in [0.15, 0.2) is 79.0 Å². The molecule has 33 heavy (non-hydrogen) atoms. The van der Waals surface area contributed by atoms with Crippen LogP contribution < -0.4 is 4.74 Å². The second-order valence-corrected chi connectivity index (χ2v) is 7.70. The van der Waals surface area contributed by atoms with Crippen LogP contribution in [0.3, 0.4) is 0 Å². The van der Waals surface area contributed by atoms with E-state index in [1.807, 2.05) is 68.4 Å². The lowest BCUT2D eigenvalue weighted by Gasteiger charge is -2.07. The van der Waals surface area contributed by atoms with Gasteiger partial charge in [-0.2, -0.15) is 5.10 Å². The Bertz CT molecular complexity index is 1290. The number of Topliss-reactive ketones (excluding diaryl/α,β-unsaturated/α-hetero) is 1. The van der Waals surface area contributed by atoms with Gasteiger partial charge in [-0.1, -0.05) is 30.3 Å². The lowest BCUT2D eigenvalue weighted by molar-refractivity contribution is 0.0475. The lowest BCUT2D eigenvalue weighted by atomic mass is 10.0. The highest BCUT2D eigenvalue weighted by Gasteiger charge is 2.21. The molecule has 0 saturated heterocycles. The zero-order valence-corrected chi connectivity index (χ0v) is 18.7. The van der Waals surface area contributed by atoms with E-state index in [1.165, 1.54) is 0 Å². The number of esters is 1. The molecule has 1 heterocycles. The number of ketones is 1. The summed E-state index contributed by atoms with van der Waals surface area (Å²) < 4.78 is 12.3. The van der Waals surface area contributed by atoms with E-state index in [2.05, 4.69) is 5.10 Å². The third kappa shape index (κ3) is 4.85. The molecule has 6 nitrogen and oxygen atoms in total. The summed E-state index contributed by atoms with van der Waals surface area (Å²) in [6.45, 7) is 3.58. The summed E-state index contributed by atoms with van der Waals surface area (Å²) in [5, 5.41) is 4.62. The molecule has 0 saturated carbocycles. The van der Waals surface area contributed by atoms with Gasteiger partial charge in [-0.25, -0.2) is 9.48 Å². The summed E-state index contributed by atoms with van der Waals surface area (Å²) >= 11 is 0. The van der Waals surface area contributed by atoms with Gasteiger partial charge in [-0.3, -0.25) is 4.79 Å². The number of methoxy groups -OCH3 is 1. The summed E-state index contributed by atoms with van der Waals surface area (Å²) in [5.41, 5.74) is 4.90. The Labute approximate surface area is 192 Å². The maximum atomic E-state index is 13.0. The van der Waals surface area contributed by atoms with E-state index in [9.17, 15) is 9.59 Å². The molecule has 0 fully saturated rings. The summed E-state index contributed by atoms with van der Waals surface area (Å²) in [6.07, 6.45) is 1.62. The number of aryl methyl sites for hydroxylation is 2. The fourth-order valence-electron chi connectivity index (χ4n) is 3.41. The van der Waals surface area contributed by atoms with Gasteiger partial charge in [-0.05, 0) is 67.4 Å². The standard InChI is InChI=1S/C27H24N2O4/c1-18-9-10-21(15-19(18)2)25(30)17-33-27(31)24-16-29(22-7-5-4-6-8-22)28-26(24)20-11-13-23(32-3)14-12-20/h4-16H,17H2,1-3H3. The Morgan fingerprint density at radius 3 is 2.30 bits per heavy atom. The Morgan fingerprint density at radius 1 is 0.909 bits per heavy atom. The highest BCUT2D eigenvalue weighted by Crippen LogP contribution is 2.26. The van der Waals surface area contributed by atoms with Crippen LogP contribution in [0.4, 0.5) is 0 Å². The highest BCUT2D eigenvalue weighted by atomic mass is 16.5. The Hall–Kier alpha value is -4.19. The van der Waals surface area contributed by atoms with Crippen molar-refractivity contribution < 1.29 is 19.1 Å². The van der Waals surface area contributed by atoms with Crippen molar-refractivity contribution in [1.29, 1.82) is 0 Å². The molecule has 1 aromatic heterocycles. The zero-order valence-electron chi connectivity index (χ0n) is 18.7. The van der Waals surface area contributed by atoms with Gasteiger partial charge < -0.3 is 9.47 Å². The summed E-state index contributed by atoms with van der Waals surface area (Å²) in [6, 6.07) is 22.2. The minimum atomic E-state index is -0.611. The van der Waals surface area contributed by atoms with E-state index in [-0.39, 0.29) is 18.0 Å². The third-order valence-corrected chi connectivity index (χ3v) is 5.48. The van der Waals surface area contributed by atoms with Crippen LogP contribution in [-0.2, 0) is 4.74 Å². The second-order valence-electron chi connectivity index (χ2n) is 7.70. The molecular weight excluding hydrogens is 416 g/mol. The van der Waals surface area contributed by atoms with Gasteiger partial charge in [0, 0.05) is 17.3 Å². The van der Waals surface area contributed by atoms with Crippen LogP contribution >= 0.6 is 0 Å². The molecule has 4 aromatic rings. The molecule has 0 N–H and O–H groups in total. The SMILES string of the molecule is COc1ccc(-c2nn(-c3ccccc3)cc2C(=O)OCC(=O)c2ccc(C)c(C)c2)cc1. The first-order chi connectivity index (χ1) is 16.0. The monoisotopic (exact) mass is 440 g/mol. The van der Waals surface area contributed by atoms with Crippen molar-refractivity contribution in [2.24, 2.45) is 0 Å². The first kappa shape index (κ1) is 22.0. The van der Waals surface area contributed by atoms with E-state index in [4.69, 9.17) is 9.47 Å². The normalized spacial score (nSPS) is 10.6. The lowest BCUT2D eigenvalue weighted by Crippen LogP contribution is -2.14. The molecule has 6 heteroatoms. The van der Waals surface area contributed by atoms with Gasteiger partial charge in [0.2, 0.25) is 0 Å². The van der Waals surface area contributed by atoms with Crippen molar-refractivity contribution in [3.8, 4) is 22.7 Å². The topological polar surface area (TPSA) is 70.4 Å². The average Bonchev–Trinajstić information content (AvgIpc) is 3.30. The number of nitrogens with zero attached hydrogens (tertiary/aromatic N) is 2. The summed E-state index contributed by atoms with van der Waals surface area (Å²) in [5.74, 6) is -0.169. The molecule has 0 bridgehead atoms. The Kier molecular flexibility index (Phi) is 6.36. The number of aromatic nitrogens is 2. The fraction of sp³-hybridized carbons (Fsp3) is 0.148. The van der Waals surface area contributed by atoms with E-state index >= 15 is 0 Å². The van der Waals surface area contributed by atoms with Crippen molar-refractivity contribution in [2.45, 2.75) is 13.8 Å². The molecule has 0 aliphatic rings. The van der Waals surface area contributed by atoms with Gasteiger partial charge >= 0.3 is 5.97 Å². The van der Waals surface area contributed by atoms with Gasteiger partial charge in [-0.15, -0.1) is 0 Å². The van der Waals surface area contributed by atoms with Crippen molar-refractivity contribution >= 4 is 11.8 Å². The highest BCUT2D eigenvalue weighted by molar-refractivity contribution is 6.01. The predicted octanol–water partition coefficient (Wildman–Crippen LogP) is 5.20. The van der Waals surface area contributed by atoms with E-state index in [1.54, 1.807) is 36.2 Å². The van der Waals surface area contributed by atoms with Gasteiger partial charge in [0.25, 0.3) is 0 Å². The molecule has 4 rings (SSSR count). The fourth-order valence-corrected chi connectivity index (χ4v) is 3.41. The van der Waals surface area contributed by atoms with Crippen LogP contribution in [0.2, 0.25) is 0 Å². The summed E-state index contributed by atoms with van der Waals surface area (Å²) in [7, 11) is 1.59. The number of carbonyl (C=O) groups is 2. The molecule has 0 radical (unpaired) electrons. The third-order valence-electron chi connectivity index (χ3n) is 5.48. The summed E-state index contributed by atoms with van der Waals surface area (Å²) in [4.78, 5) is 25.6. The predicted molar refractivity (Wildman–Crippen MR) is 126 cm³/mol. The first-order valence-corrected chi connectivity index (χ1v) is 10.5. The number of hydrogen-bond donors (Lipinski definition) is 0. The van der Waals surface area contributed by atoms with Crippen LogP contribution in [0.5, 0.6) is 5.75 Å². The van der Waals surface area contributed by atoms with Crippen LogP contribution in [0.1, 0.15) is 31.8 Å². The van der Waals surface area contributed by atoms with Gasteiger partial charge in [0.05, 0.1) is 12.8 Å². The smallest absolute Gasteiger partial charge is 0.342 e. The maximum absolute atomic E-state index is 13.0. The number of carbonyl (C=O) groups excluding carboxylic acids is 2. The van der Waals surface area contributed by atoms with Gasteiger partial charge in [0.1, 0.15) is 17.0 Å². The molecule has 0 unspecified atom stereocenters. The molecule has 166 valence electrons. The number of ether oxygens (including phenoxy) is 2. The molecule has 3 aromatic carbocycles. The Balaban J connectivity index is 1.61. The van der Waals surface area contributed by atoms with Crippen LogP contribution in [0.25, 0.3) is 16.9 Å². The zero-order chi connectivity index (χ0) is 23.4. The maximum Gasteiger partial charge on any atom is 0.342 e. The molecule has 0 aliphatic carbocycles. The minimum Gasteiger partial charge on any atom is -0.497 e. The number of hydrogen-bond acceptors (Lipinski definition) is 5. The Morgan fingerprint density at radius 2 is 1.64 bits per heavy atom. The quantitative estimate of drug-likeness (QED) is 0.292. The van der Waals surface area contributed by atoms with Crippen molar-refractivity contribution in [1.82, 2.24) is 9.78 Å². The van der Waals surface area contributed by atoms with E-state index in [0.717, 1.165) is 22.4 Å². The molecule has 0 amide bonds. The molecule has 0 atom stereocenters. The largest absolute Gasteiger partial charge is 0.497 e. The number of para-hydroxylation sites is 1. The van der Waals surface area contributed by atoms with Crippen molar-refractivity contribution in [2.75, 3.05) is 13.7 Å². The van der Waals surface area contributed by atoms with E-state index in [0.29, 0.717) is 17.0 Å².